The number of furan rings is 1. The van der Waals surface area contributed by atoms with Gasteiger partial charge in [-0.3, -0.25) is 4.90 Å². The normalized spacial score (nSPS) is 12.0. The predicted molar refractivity (Wildman–Crippen MR) is 89.4 cm³/mol. The van der Waals surface area contributed by atoms with E-state index >= 15 is 0 Å². The Bertz CT molecular complexity index is 374. The Morgan fingerprint density at radius 1 is 1.24 bits per heavy atom. The highest BCUT2D eigenvalue weighted by atomic mass is 16.3. The lowest BCUT2D eigenvalue weighted by Crippen LogP contribution is -2.33. The fourth-order valence-corrected chi connectivity index (χ4v) is 2.32. The molecule has 0 fully saturated rings. The first-order valence-corrected chi connectivity index (χ1v) is 8.15. The van der Waals surface area contributed by atoms with E-state index in [2.05, 4.69) is 56.0 Å². The van der Waals surface area contributed by atoms with Gasteiger partial charge < -0.3 is 14.6 Å². The monoisotopic (exact) mass is 295 g/mol. The van der Waals surface area contributed by atoms with Crippen molar-refractivity contribution in [3.63, 3.8) is 0 Å². The fraction of sp³-hybridized carbons (Fsp3) is 0.765. The maximum atomic E-state index is 5.72. The largest absolute Gasteiger partial charge is 0.468 e. The second-order valence-corrected chi connectivity index (χ2v) is 6.53. The van der Waals surface area contributed by atoms with Crippen molar-refractivity contribution >= 4 is 0 Å². The minimum Gasteiger partial charge on any atom is -0.468 e. The van der Waals surface area contributed by atoms with Crippen LogP contribution in [0.3, 0.4) is 0 Å². The quantitative estimate of drug-likeness (QED) is 0.636. The summed E-state index contributed by atoms with van der Waals surface area (Å²) in [7, 11) is 4.25. The Balaban J connectivity index is 2.48. The predicted octanol–water partition coefficient (Wildman–Crippen LogP) is 2.80. The van der Waals surface area contributed by atoms with Crippen LogP contribution in [-0.4, -0.2) is 50.1 Å². The van der Waals surface area contributed by atoms with E-state index in [0.717, 1.165) is 51.4 Å². The van der Waals surface area contributed by atoms with Gasteiger partial charge in [-0.15, -0.1) is 0 Å². The van der Waals surface area contributed by atoms with Crippen molar-refractivity contribution in [2.75, 3.05) is 40.3 Å². The zero-order valence-electron chi connectivity index (χ0n) is 14.5. The molecule has 1 aromatic heterocycles. The summed E-state index contributed by atoms with van der Waals surface area (Å²) in [5.41, 5.74) is 1.25. The molecule has 4 nitrogen and oxygen atoms in total. The molecule has 0 saturated carbocycles. The minimum atomic E-state index is 0.674. The van der Waals surface area contributed by atoms with Crippen LogP contribution in [0.1, 0.15) is 38.5 Å². The van der Waals surface area contributed by atoms with Gasteiger partial charge in [0.2, 0.25) is 0 Å². The summed E-state index contributed by atoms with van der Waals surface area (Å²) in [5.74, 6) is 1.75. The second-order valence-electron chi connectivity index (χ2n) is 6.53. The van der Waals surface area contributed by atoms with Crippen molar-refractivity contribution in [1.29, 1.82) is 0 Å². The molecule has 0 aromatic carbocycles. The zero-order chi connectivity index (χ0) is 15.7. The van der Waals surface area contributed by atoms with Crippen LogP contribution in [0.4, 0.5) is 0 Å². The molecule has 0 aliphatic heterocycles. The van der Waals surface area contributed by atoms with Crippen molar-refractivity contribution in [2.24, 2.45) is 5.92 Å². The van der Waals surface area contributed by atoms with E-state index in [-0.39, 0.29) is 0 Å². The summed E-state index contributed by atoms with van der Waals surface area (Å²) in [6.45, 7) is 12.9. The molecule has 4 heteroatoms. The first-order valence-electron chi connectivity index (χ1n) is 8.15. The van der Waals surface area contributed by atoms with Crippen LogP contribution in [0.15, 0.2) is 16.7 Å². The Morgan fingerprint density at radius 2 is 2.00 bits per heavy atom. The number of nitrogens with zero attached hydrogens (tertiary/aromatic N) is 2. The number of likely N-dealkylation sites (N-methyl/N-ethyl adjacent to an activating group) is 1. The van der Waals surface area contributed by atoms with Gasteiger partial charge in [-0.25, -0.2) is 0 Å². The molecule has 1 rings (SSSR count). The first kappa shape index (κ1) is 18.2. The van der Waals surface area contributed by atoms with Gasteiger partial charge in [-0.2, -0.15) is 0 Å². The molecule has 0 spiro atoms. The Morgan fingerprint density at radius 3 is 2.62 bits per heavy atom. The molecule has 1 N–H and O–H groups in total. The van der Waals surface area contributed by atoms with E-state index < -0.39 is 0 Å². The van der Waals surface area contributed by atoms with Crippen molar-refractivity contribution < 1.29 is 4.42 Å². The third-order valence-corrected chi connectivity index (χ3v) is 3.33. The molecule has 0 amide bonds. The smallest absolute Gasteiger partial charge is 0.118 e. The maximum Gasteiger partial charge on any atom is 0.118 e. The first-order chi connectivity index (χ1) is 10.0. The van der Waals surface area contributed by atoms with Gasteiger partial charge in [-0.1, -0.05) is 20.8 Å². The maximum absolute atomic E-state index is 5.72. The van der Waals surface area contributed by atoms with Crippen LogP contribution in [0.25, 0.3) is 0 Å². The lowest BCUT2D eigenvalue weighted by Gasteiger charge is -2.24. The molecule has 21 heavy (non-hydrogen) atoms. The van der Waals surface area contributed by atoms with E-state index in [0.29, 0.717) is 5.92 Å². The van der Waals surface area contributed by atoms with Crippen LogP contribution in [0.5, 0.6) is 0 Å². The highest BCUT2D eigenvalue weighted by Crippen LogP contribution is 2.12. The Kier molecular flexibility index (Phi) is 8.66. The molecule has 0 unspecified atom stereocenters. The summed E-state index contributed by atoms with van der Waals surface area (Å²) in [4.78, 5) is 4.71. The van der Waals surface area contributed by atoms with Crippen molar-refractivity contribution in [1.82, 2.24) is 15.1 Å². The van der Waals surface area contributed by atoms with E-state index in [1.807, 2.05) is 6.26 Å². The molecule has 0 aliphatic rings. The second kappa shape index (κ2) is 9.98. The highest BCUT2D eigenvalue weighted by Gasteiger charge is 2.11. The summed E-state index contributed by atoms with van der Waals surface area (Å²) in [6.07, 6.45) is 3.05. The van der Waals surface area contributed by atoms with Gasteiger partial charge in [-0.05, 0) is 39.0 Å². The standard InChI is InChI=1S/C17H33N3O/c1-6-7-18-11-16-10-17(21-14-16)13-20(12-15(2)3)9-8-19(4)5/h10,14-15,18H,6-9,11-13H2,1-5H3. The van der Waals surface area contributed by atoms with Crippen molar-refractivity contribution in [3.05, 3.63) is 23.7 Å². The van der Waals surface area contributed by atoms with Crippen molar-refractivity contribution in [2.45, 2.75) is 40.3 Å². The summed E-state index contributed by atoms with van der Waals surface area (Å²) in [6, 6.07) is 2.19. The minimum absolute atomic E-state index is 0.674. The number of hydrogen-bond donors (Lipinski definition) is 1. The lowest BCUT2D eigenvalue weighted by molar-refractivity contribution is 0.198. The highest BCUT2D eigenvalue weighted by molar-refractivity contribution is 5.12. The third-order valence-electron chi connectivity index (χ3n) is 3.33. The van der Waals surface area contributed by atoms with Gasteiger partial charge in [0, 0.05) is 31.7 Å². The lowest BCUT2D eigenvalue weighted by atomic mass is 10.2. The molecule has 0 atom stereocenters. The van der Waals surface area contributed by atoms with Gasteiger partial charge in [0.15, 0.2) is 0 Å². The van der Waals surface area contributed by atoms with E-state index in [4.69, 9.17) is 4.42 Å². The average molecular weight is 295 g/mol. The van der Waals surface area contributed by atoms with Gasteiger partial charge in [0.05, 0.1) is 12.8 Å². The van der Waals surface area contributed by atoms with E-state index in [9.17, 15) is 0 Å². The molecule has 1 aromatic rings. The topological polar surface area (TPSA) is 31.7 Å². The summed E-state index contributed by atoms with van der Waals surface area (Å²) >= 11 is 0. The fourth-order valence-electron chi connectivity index (χ4n) is 2.32. The molecular formula is C17H33N3O. The molecule has 0 bridgehead atoms. The van der Waals surface area contributed by atoms with Crippen molar-refractivity contribution in [3.8, 4) is 0 Å². The van der Waals surface area contributed by atoms with Crippen LogP contribution >= 0.6 is 0 Å². The number of nitrogens with one attached hydrogen (secondary N) is 1. The van der Waals surface area contributed by atoms with Crippen LogP contribution < -0.4 is 5.32 Å². The SMILES string of the molecule is CCCNCc1coc(CN(CCN(C)C)CC(C)C)c1. The average Bonchev–Trinajstić information content (AvgIpc) is 2.83. The summed E-state index contributed by atoms with van der Waals surface area (Å²) in [5, 5.41) is 3.41. The van der Waals surface area contributed by atoms with Crippen LogP contribution in [0, 0.1) is 5.92 Å². The molecule has 0 saturated heterocycles. The van der Waals surface area contributed by atoms with Gasteiger partial charge >= 0.3 is 0 Å². The Labute approximate surface area is 130 Å². The Hall–Kier alpha value is -0.840. The molecular weight excluding hydrogens is 262 g/mol. The number of hydrogen-bond acceptors (Lipinski definition) is 4. The van der Waals surface area contributed by atoms with E-state index in [1.54, 1.807) is 0 Å². The number of rotatable bonds is 11. The molecule has 1 heterocycles. The summed E-state index contributed by atoms with van der Waals surface area (Å²) < 4.78 is 5.72. The van der Waals surface area contributed by atoms with Crippen LogP contribution in [0.2, 0.25) is 0 Å². The van der Waals surface area contributed by atoms with Gasteiger partial charge in [0.1, 0.15) is 5.76 Å². The van der Waals surface area contributed by atoms with Gasteiger partial charge in [0.25, 0.3) is 0 Å². The molecule has 0 aliphatic carbocycles. The zero-order valence-corrected chi connectivity index (χ0v) is 14.5. The van der Waals surface area contributed by atoms with Crippen LogP contribution in [-0.2, 0) is 13.1 Å². The molecule has 122 valence electrons. The molecule has 0 radical (unpaired) electrons. The van der Waals surface area contributed by atoms with E-state index in [1.165, 1.54) is 5.56 Å². The third kappa shape index (κ3) is 8.24.